The molecule has 4 heteroatoms. The number of hydrogen-bond acceptors (Lipinski definition) is 3. The third-order valence-electron chi connectivity index (χ3n) is 3.02. The van der Waals surface area contributed by atoms with Gasteiger partial charge in [0.05, 0.1) is 13.0 Å². The van der Waals surface area contributed by atoms with Crippen molar-refractivity contribution >= 4 is 5.91 Å². The van der Waals surface area contributed by atoms with Gasteiger partial charge in [0.15, 0.2) is 0 Å². The second kappa shape index (κ2) is 5.87. The van der Waals surface area contributed by atoms with Crippen LogP contribution in [0.4, 0.5) is 0 Å². The number of ether oxygens (including phenoxy) is 1. The molecule has 4 nitrogen and oxygen atoms in total. The summed E-state index contributed by atoms with van der Waals surface area (Å²) in [6, 6.07) is 6.33. The van der Waals surface area contributed by atoms with E-state index in [9.17, 15) is 4.79 Å². The summed E-state index contributed by atoms with van der Waals surface area (Å²) in [5, 5.41) is 2.94. The van der Waals surface area contributed by atoms with Gasteiger partial charge in [0.25, 0.3) is 0 Å². The first-order valence-electron chi connectivity index (χ1n) is 6.41. The molecule has 18 heavy (non-hydrogen) atoms. The average Bonchev–Trinajstić information content (AvgIpc) is 3.15. The van der Waals surface area contributed by atoms with Crippen LogP contribution in [0.25, 0.3) is 0 Å². The predicted octanol–water partition coefficient (Wildman–Crippen LogP) is 1.50. The topological polar surface area (TPSA) is 64.3 Å². The highest BCUT2D eigenvalue weighted by molar-refractivity contribution is 5.76. The molecule has 98 valence electrons. The van der Waals surface area contributed by atoms with Crippen LogP contribution in [0.5, 0.6) is 5.75 Å². The first-order chi connectivity index (χ1) is 8.69. The van der Waals surface area contributed by atoms with Gasteiger partial charge in [0.2, 0.25) is 5.91 Å². The molecule has 0 spiro atoms. The number of hydrogen-bond donors (Lipinski definition) is 2. The Hall–Kier alpha value is -1.55. The van der Waals surface area contributed by atoms with Gasteiger partial charge in [-0.15, -0.1) is 0 Å². The fraction of sp³-hybridized carbons (Fsp3) is 0.500. The highest BCUT2D eigenvalue weighted by Crippen LogP contribution is 2.20. The predicted molar refractivity (Wildman–Crippen MR) is 70.3 cm³/mol. The number of rotatable bonds is 6. The summed E-state index contributed by atoms with van der Waals surface area (Å²) in [6.07, 6.45) is 2.64. The van der Waals surface area contributed by atoms with Crippen molar-refractivity contribution in [2.75, 3.05) is 6.61 Å². The Bertz CT molecular complexity index is 428. The molecule has 0 aromatic heterocycles. The molecular weight excluding hydrogens is 228 g/mol. The average molecular weight is 248 g/mol. The summed E-state index contributed by atoms with van der Waals surface area (Å²) in [6.45, 7) is 2.89. The number of nitrogens with two attached hydrogens (primary N) is 1. The Labute approximate surface area is 108 Å². The molecular formula is C14H20N2O2. The molecule has 0 aliphatic heterocycles. The van der Waals surface area contributed by atoms with Gasteiger partial charge in [0.1, 0.15) is 5.75 Å². The van der Waals surface area contributed by atoms with Crippen LogP contribution in [0.3, 0.4) is 0 Å². The van der Waals surface area contributed by atoms with E-state index in [4.69, 9.17) is 10.5 Å². The van der Waals surface area contributed by atoms with Gasteiger partial charge < -0.3 is 15.8 Å². The van der Waals surface area contributed by atoms with E-state index in [1.807, 2.05) is 25.1 Å². The first kappa shape index (κ1) is 12.9. The molecule has 1 aliphatic rings. The molecule has 0 unspecified atom stereocenters. The van der Waals surface area contributed by atoms with E-state index in [-0.39, 0.29) is 5.91 Å². The maximum atomic E-state index is 11.5. The van der Waals surface area contributed by atoms with Crippen LogP contribution < -0.4 is 15.8 Å². The molecule has 1 aliphatic carbocycles. The van der Waals surface area contributed by atoms with Gasteiger partial charge in [-0.2, -0.15) is 0 Å². The van der Waals surface area contributed by atoms with E-state index in [0.29, 0.717) is 25.6 Å². The van der Waals surface area contributed by atoms with E-state index >= 15 is 0 Å². The lowest BCUT2D eigenvalue weighted by molar-refractivity contribution is -0.121. The maximum Gasteiger partial charge on any atom is 0.223 e. The highest BCUT2D eigenvalue weighted by atomic mass is 16.5. The van der Waals surface area contributed by atoms with Crippen molar-refractivity contribution in [3.63, 3.8) is 0 Å². The summed E-state index contributed by atoms with van der Waals surface area (Å²) < 4.78 is 5.64. The molecule has 1 saturated carbocycles. The zero-order chi connectivity index (χ0) is 13.0. The van der Waals surface area contributed by atoms with Gasteiger partial charge in [0, 0.05) is 12.6 Å². The minimum absolute atomic E-state index is 0.0742. The summed E-state index contributed by atoms with van der Waals surface area (Å²) in [7, 11) is 0. The highest BCUT2D eigenvalue weighted by Gasteiger charge is 2.22. The first-order valence-corrected chi connectivity index (χ1v) is 6.41. The Morgan fingerprint density at radius 3 is 2.94 bits per heavy atom. The lowest BCUT2D eigenvalue weighted by Gasteiger charge is -2.10. The molecule has 0 saturated heterocycles. The van der Waals surface area contributed by atoms with Crippen LogP contribution >= 0.6 is 0 Å². The van der Waals surface area contributed by atoms with Gasteiger partial charge >= 0.3 is 0 Å². The van der Waals surface area contributed by atoms with E-state index in [1.165, 1.54) is 0 Å². The van der Waals surface area contributed by atoms with Crippen molar-refractivity contribution in [3.8, 4) is 5.75 Å². The second-order valence-electron chi connectivity index (χ2n) is 4.74. The summed E-state index contributed by atoms with van der Waals surface area (Å²) in [5.74, 6) is 0.891. The van der Waals surface area contributed by atoms with Crippen LogP contribution in [0.15, 0.2) is 18.2 Å². The lowest BCUT2D eigenvalue weighted by atomic mass is 10.1. The summed E-state index contributed by atoms with van der Waals surface area (Å²) in [5.41, 5.74) is 7.69. The van der Waals surface area contributed by atoms with Crippen molar-refractivity contribution in [1.29, 1.82) is 0 Å². The van der Waals surface area contributed by atoms with Crippen molar-refractivity contribution < 1.29 is 9.53 Å². The molecule has 3 N–H and O–H groups in total. The van der Waals surface area contributed by atoms with Gasteiger partial charge in [-0.3, -0.25) is 4.79 Å². The SMILES string of the molecule is Cc1ccc(CN)cc1OCCC(=O)NC1CC1. The summed E-state index contributed by atoms with van der Waals surface area (Å²) >= 11 is 0. The molecule has 1 fully saturated rings. The normalized spacial score (nSPS) is 14.3. The number of amides is 1. The Morgan fingerprint density at radius 1 is 1.50 bits per heavy atom. The van der Waals surface area contributed by atoms with E-state index in [0.717, 1.165) is 29.7 Å². The molecule has 2 rings (SSSR count). The van der Waals surface area contributed by atoms with Gasteiger partial charge in [-0.05, 0) is 37.0 Å². The van der Waals surface area contributed by atoms with Crippen LogP contribution in [-0.2, 0) is 11.3 Å². The third kappa shape index (κ3) is 3.74. The van der Waals surface area contributed by atoms with Gasteiger partial charge in [-0.1, -0.05) is 12.1 Å². The molecule has 0 heterocycles. The number of carbonyl (C=O) groups excluding carboxylic acids is 1. The van der Waals surface area contributed by atoms with Gasteiger partial charge in [-0.25, -0.2) is 0 Å². The molecule has 0 bridgehead atoms. The third-order valence-corrected chi connectivity index (χ3v) is 3.02. The molecule has 0 radical (unpaired) electrons. The van der Waals surface area contributed by atoms with Crippen molar-refractivity contribution in [2.45, 2.75) is 38.8 Å². The van der Waals surface area contributed by atoms with Crippen LogP contribution in [-0.4, -0.2) is 18.6 Å². The van der Waals surface area contributed by atoms with E-state index in [2.05, 4.69) is 5.32 Å². The number of carbonyl (C=O) groups is 1. The van der Waals surface area contributed by atoms with E-state index in [1.54, 1.807) is 0 Å². The van der Waals surface area contributed by atoms with Crippen LogP contribution in [0.2, 0.25) is 0 Å². The number of benzene rings is 1. The second-order valence-corrected chi connectivity index (χ2v) is 4.74. The largest absolute Gasteiger partial charge is 0.493 e. The van der Waals surface area contributed by atoms with Crippen LogP contribution in [0.1, 0.15) is 30.4 Å². The monoisotopic (exact) mass is 248 g/mol. The lowest BCUT2D eigenvalue weighted by Crippen LogP contribution is -2.26. The fourth-order valence-corrected chi connectivity index (χ4v) is 1.71. The minimum atomic E-state index is 0.0742. The standard InChI is InChI=1S/C14H20N2O2/c1-10-2-3-11(9-15)8-13(10)18-7-6-14(17)16-12-4-5-12/h2-3,8,12H,4-7,9,15H2,1H3,(H,16,17). The van der Waals surface area contributed by atoms with E-state index < -0.39 is 0 Å². The fourth-order valence-electron chi connectivity index (χ4n) is 1.71. The molecule has 0 atom stereocenters. The number of aryl methyl sites for hydroxylation is 1. The molecule has 1 aromatic carbocycles. The zero-order valence-corrected chi connectivity index (χ0v) is 10.7. The Kier molecular flexibility index (Phi) is 4.20. The number of nitrogens with one attached hydrogen (secondary N) is 1. The summed E-state index contributed by atoms with van der Waals surface area (Å²) in [4.78, 5) is 11.5. The zero-order valence-electron chi connectivity index (χ0n) is 10.7. The smallest absolute Gasteiger partial charge is 0.223 e. The molecule has 1 amide bonds. The Morgan fingerprint density at radius 2 is 2.28 bits per heavy atom. The van der Waals surface area contributed by atoms with Crippen molar-refractivity contribution in [3.05, 3.63) is 29.3 Å². The molecule has 1 aromatic rings. The quantitative estimate of drug-likeness (QED) is 0.802. The van der Waals surface area contributed by atoms with Crippen LogP contribution in [0, 0.1) is 6.92 Å². The van der Waals surface area contributed by atoms with Crippen molar-refractivity contribution in [2.24, 2.45) is 5.73 Å². The van der Waals surface area contributed by atoms with Crippen molar-refractivity contribution in [1.82, 2.24) is 5.32 Å². The Balaban J connectivity index is 1.79. The maximum absolute atomic E-state index is 11.5. The minimum Gasteiger partial charge on any atom is -0.493 e.